The standard InChI is InChI=1S/C16H21N3O/c1-12(2)20-15-9-14(10-19-11-15)16(17-3)8-13-4-6-18-7-5-13/h4-7,9-12,16-17H,8H2,1-3H3. The van der Waals surface area contributed by atoms with Gasteiger partial charge < -0.3 is 10.1 Å². The van der Waals surface area contributed by atoms with Crippen LogP contribution in [-0.2, 0) is 6.42 Å². The lowest BCUT2D eigenvalue weighted by Gasteiger charge is -2.18. The van der Waals surface area contributed by atoms with Crippen LogP contribution >= 0.6 is 0 Å². The van der Waals surface area contributed by atoms with Crippen molar-refractivity contribution in [3.8, 4) is 5.75 Å². The Morgan fingerprint density at radius 3 is 2.55 bits per heavy atom. The lowest BCUT2D eigenvalue weighted by Crippen LogP contribution is -2.19. The van der Waals surface area contributed by atoms with Crippen molar-refractivity contribution in [1.29, 1.82) is 0 Å². The Labute approximate surface area is 120 Å². The highest BCUT2D eigenvalue weighted by Crippen LogP contribution is 2.21. The van der Waals surface area contributed by atoms with Crippen LogP contribution in [-0.4, -0.2) is 23.1 Å². The second-order valence-electron chi connectivity index (χ2n) is 5.02. The predicted octanol–water partition coefficient (Wildman–Crippen LogP) is 2.77. The Morgan fingerprint density at radius 1 is 1.15 bits per heavy atom. The van der Waals surface area contributed by atoms with Crippen molar-refractivity contribution in [1.82, 2.24) is 15.3 Å². The van der Waals surface area contributed by atoms with Gasteiger partial charge in [0.15, 0.2) is 0 Å². The van der Waals surface area contributed by atoms with Crippen LogP contribution in [0, 0.1) is 0 Å². The van der Waals surface area contributed by atoms with Crippen LogP contribution in [0.1, 0.15) is 31.0 Å². The third-order valence-electron chi connectivity index (χ3n) is 3.05. The zero-order valence-electron chi connectivity index (χ0n) is 12.2. The van der Waals surface area contributed by atoms with Gasteiger partial charge in [-0.3, -0.25) is 9.97 Å². The number of aromatic nitrogens is 2. The van der Waals surface area contributed by atoms with Gasteiger partial charge in [0.1, 0.15) is 5.75 Å². The van der Waals surface area contributed by atoms with Gasteiger partial charge in [-0.2, -0.15) is 0 Å². The number of hydrogen-bond donors (Lipinski definition) is 1. The van der Waals surface area contributed by atoms with Crippen LogP contribution in [0.4, 0.5) is 0 Å². The Hall–Kier alpha value is -1.94. The minimum atomic E-state index is 0.153. The Bertz CT molecular complexity index is 528. The fraction of sp³-hybridized carbons (Fsp3) is 0.375. The lowest BCUT2D eigenvalue weighted by molar-refractivity contribution is 0.241. The highest BCUT2D eigenvalue weighted by molar-refractivity contribution is 5.27. The van der Waals surface area contributed by atoms with E-state index >= 15 is 0 Å². The molecule has 1 atom stereocenters. The van der Waals surface area contributed by atoms with E-state index in [2.05, 4.69) is 21.4 Å². The quantitative estimate of drug-likeness (QED) is 0.877. The number of nitrogens with zero attached hydrogens (tertiary/aromatic N) is 2. The summed E-state index contributed by atoms with van der Waals surface area (Å²) in [6, 6.07) is 6.33. The van der Waals surface area contributed by atoms with E-state index in [4.69, 9.17) is 4.74 Å². The van der Waals surface area contributed by atoms with Gasteiger partial charge in [0, 0.05) is 24.6 Å². The molecule has 2 rings (SSSR count). The summed E-state index contributed by atoms with van der Waals surface area (Å²) >= 11 is 0. The Kier molecular flexibility index (Phi) is 5.07. The van der Waals surface area contributed by atoms with E-state index in [9.17, 15) is 0 Å². The highest BCUT2D eigenvalue weighted by atomic mass is 16.5. The van der Waals surface area contributed by atoms with E-state index in [1.54, 1.807) is 6.20 Å². The van der Waals surface area contributed by atoms with Gasteiger partial charge in [-0.15, -0.1) is 0 Å². The first kappa shape index (κ1) is 14.5. The van der Waals surface area contributed by atoms with E-state index in [0.717, 1.165) is 17.7 Å². The smallest absolute Gasteiger partial charge is 0.138 e. The maximum Gasteiger partial charge on any atom is 0.138 e. The molecule has 0 amide bonds. The topological polar surface area (TPSA) is 47.0 Å². The summed E-state index contributed by atoms with van der Waals surface area (Å²) in [6.07, 6.45) is 8.32. The molecule has 0 saturated heterocycles. The van der Waals surface area contributed by atoms with Gasteiger partial charge in [0.25, 0.3) is 0 Å². The fourth-order valence-corrected chi connectivity index (χ4v) is 2.10. The second-order valence-corrected chi connectivity index (χ2v) is 5.02. The summed E-state index contributed by atoms with van der Waals surface area (Å²) in [5.74, 6) is 0.812. The number of ether oxygens (including phenoxy) is 1. The van der Waals surface area contributed by atoms with Crippen LogP contribution in [0.15, 0.2) is 43.0 Å². The van der Waals surface area contributed by atoms with Crippen molar-refractivity contribution in [2.24, 2.45) is 0 Å². The highest BCUT2D eigenvalue weighted by Gasteiger charge is 2.12. The number of nitrogens with one attached hydrogen (secondary N) is 1. The van der Waals surface area contributed by atoms with Crippen molar-refractivity contribution < 1.29 is 4.74 Å². The molecule has 4 heteroatoms. The van der Waals surface area contributed by atoms with Gasteiger partial charge in [-0.25, -0.2) is 0 Å². The number of likely N-dealkylation sites (N-methyl/N-ethyl adjacent to an activating group) is 1. The largest absolute Gasteiger partial charge is 0.489 e. The molecule has 2 heterocycles. The summed E-state index contributed by atoms with van der Waals surface area (Å²) in [5, 5.41) is 3.33. The summed E-state index contributed by atoms with van der Waals surface area (Å²) in [5.41, 5.74) is 2.37. The molecule has 0 aromatic carbocycles. The van der Waals surface area contributed by atoms with Crippen molar-refractivity contribution in [2.45, 2.75) is 32.4 Å². The zero-order chi connectivity index (χ0) is 14.4. The SMILES string of the molecule is CNC(Cc1ccncc1)c1cncc(OC(C)C)c1. The van der Waals surface area contributed by atoms with E-state index in [1.807, 2.05) is 51.6 Å². The maximum absolute atomic E-state index is 5.70. The third-order valence-corrected chi connectivity index (χ3v) is 3.05. The molecule has 2 aromatic heterocycles. The molecule has 2 aromatic rings. The predicted molar refractivity (Wildman–Crippen MR) is 79.7 cm³/mol. The first-order valence-electron chi connectivity index (χ1n) is 6.87. The van der Waals surface area contributed by atoms with Crippen molar-refractivity contribution in [3.63, 3.8) is 0 Å². The van der Waals surface area contributed by atoms with E-state index in [1.165, 1.54) is 5.56 Å². The molecular weight excluding hydrogens is 250 g/mol. The zero-order valence-corrected chi connectivity index (χ0v) is 12.2. The molecule has 0 aliphatic rings. The molecule has 0 bridgehead atoms. The second kappa shape index (κ2) is 7.01. The molecule has 0 radical (unpaired) electrons. The van der Waals surface area contributed by atoms with E-state index < -0.39 is 0 Å². The summed E-state index contributed by atoms with van der Waals surface area (Å²) in [4.78, 5) is 8.32. The van der Waals surface area contributed by atoms with E-state index in [0.29, 0.717) is 0 Å². The van der Waals surface area contributed by atoms with Crippen molar-refractivity contribution >= 4 is 0 Å². The average Bonchev–Trinajstić information content (AvgIpc) is 2.45. The number of hydrogen-bond acceptors (Lipinski definition) is 4. The van der Waals surface area contributed by atoms with Crippen LogP contribution in [0.3, 0.4) is 0 Å². The molecular formula is C16H21N3O. The normalized spacial score (nSPS) is 12.4. The molecule has 106 valence electrons. The van der Waals surface area contributed by atoms with Gasteiger partial charge >= 0.3 is 0 Å². The van der Waals surface area contributed by atoms with Gasteiger partial charge in [0.05, 0.1) is 12.3 Å². The van der Waals surface area contributed by atoms with Gasteiger partial charge in [-0.1, -0.05) is 0 Å². The first-order valence-corrected chi connectivity index (χ1v) is 6.87. The molecule has 4 nitrogen and oxygen atoms in total. The Morgan fingerprint density at radius 2 is 1.90 bits per heavy atom. The summed E-state index contributed by atoms with van der Waals surface area (Å²) in [7, 11) is 1.96. The lowest BCUT2D eigenvalue weighted by atomic mass is 10.0. The molecule has 0 spiro atoms. The monoisotopic (exact) mass is 271 g/mol. The minimum Gasteiger partial charge on any atom is -0.489 e. The number of pyridine rings is 2. The van der Waals surface area contributed by atoms with Crippen LogP contribution < -0.4 is 10.1 Å². The molecule has 20 heavy (non-hydrogen) atoms. The summed E-state index contributed by atoms with van der Waals surface area (Å²) < 4.78 is 5.70. The van der Waals surface area contributed by atoms with Gasteiger partial charge in [-0.05, 0) is 56.6 Å². The molecule has 0 fully saturated rings. The van der Waals surface area contributed by atoms with Crippen molar-refractivity contribution in [2.75, 3.05) is 7.05 Å². The average molecular weight is 271 g/mol. The Balaban J connectivity index is 2.15. The molecule has 0 saturated carbocycles. The molecule has 1 N–H and O–H groups in total. The third kappa shape index (κ3) is 4.03. The maximum atomic E-state index is 5.70. The summed E-state index contributed by atoms with van der Waals surface area (Å²) in [6.45, 7) is 4.03. The molecule has 1 unspecified atom stereocenters. The van der Waals surface area contributed by atoms with Crippen LogP contribution in [0.5, 0.6) is 5.75 Å². The van der Waals surface area contributed by atoms with Crippen LogP contribution in [0.2, 0.25) is 0 Å². The van der Waals surface area contributed by atoms with Crippen LogP contribution in [0.25, 0.3) is 0 Å². The van der Waals surface area contributed by atoms with Crippen molar-refractivity contribution in [3.05, 3.63) is 54.1 Å². The molecule has 0 aliphatic heterocycles. The van der Waals surface area contributed by atoms with Gasteiger partial charge in [0.2, 0.25) is 0 Å². The number of rotatable bonds is 6. The first-order chi connectivity index (χ1) is 9.69. The molecule has 0 aliphatic carbocycles. The minimum absolute atomic E-state index is 0.153. The van der Waals surface area contributed by atoms with E-state index in [-0.39, 0.29) is 12.1 Å². The fourth-order valence-electron chi connectivity index (χ4n) is 2.10.